The maximum atomic E-state index is 6.07. The maximum Gasteiger partial charge on any atom is 0.0887 e. The molecular weight excluding hydrogens is 565 g/mol. The van der Waals surface area contributed by atoms with Gasteiger partial charge in [0.2, 0.25) is 0 Å². The molecule has 0 bridgehead atoms. The Hall–Kier alpha value is -1.69. The molecule has 2 saturated carbocycles. The van der Waals surface area contributed by atoms with Gasteiger partial charge in [-0.25, -0.2) is 0 Å². The van der Waals surface area contributed by atoms with Crippen LogP contribution in [-0.4, -0.2) is 28.4 Å². The van der Waals surface area contributed by atoms with E-state index in [1.807, 2.05) is 5.20 Å². The number of unbranched alkanes of at least 4 members (excludes halogenated alkanes) is 3. The first-order valence-electron chi connectivity index (χ1n) is 18.2. The van der Waals surface area contributed by atoms with Crippen molar-refractivity contribution in [2.75, 3.05) is 6.61 Å². The van der Waals surface area contributed by atoms with Crippen LogP contribution in [0.4, 0.5) is 0 Å². The second-order valence-electron chi connectivity index (χ2n) is 17.2. The van der Waals surface area contributed by atoms with Gasteiger partial charge in [-0.15, -0.1) is 0 Å². The molecule has 0 aliphatic heterocycles. The van der Waals surface area contributed by atoms with Gasteiger partial charge in [0.15, 0.2) is 0 Å². The Morgan fingerprint density at radius 1 is 0.818 bits per heavy atom. The lowest BCUT2D eigenvalue weighted by Crippen LogP contribution is -2.44. The van der Waals surface area contributed by atoms with E-state index in [4.69, 9.17) is 4.74 Å². The fraction of sp³-hybridized carbons (Fsp3) is 0.610. The summed E-state index contributed by atoms with van der Waals surface area (Å²) in [5.74, 6) is 2.71. The Morgan fingerprint density at radius 3 is 2.20 bits per heavy atom. The molecule has 0 saturated heterocycles. The van der Waals surface area contributed by atoms with Gasteiger partial charge < -0.3 is 4.74 Å². The molecule has 0 radical (unpaired) electrons. The number of hydrogen-bond acceptors (Lipinski definition) is 1. The van der Waals surface area contributed by atoms with Crippen molar-refractivity contribution < 1.29 is 4.74 Å². The van der Waals surface area contributed by atoms with Gasteiger partial charge in [0.1, 0.15) is 0 Å². The molecule has 6 unspecified atom stereocenters. The van der Waals surface area contributed by atoms with Gasteiger partial charge in [0.05, 0.1) is 13.7 Å². The summed E-state index contributed by atoms with van der Waals surface area (Å²) < 4.78 is 6.07. The van der Waals surface area contributed by atoms with E-state index in [-0.39, 0.29) is 5.60 Å². The molecule has 1 nitrogen and oxygen atoms in total. The quantitative estimate of drug-likeness (QED) is 0.164. The molecule has 3 heteroatoms. The van der Waals surface area contributed by atoms with E-state index in [0.717, 1.165) is 18.6 Å². The van der Waals surface area contributed by atoms with Crippen LogP contribution in [0.15, 0.2) is 93.8 Å². The van der Waals surface area contributed by atoms with Gasteiger partial charge in [-0.3, -0.25) is 0 Å². The van der Waals surface area contributed by atoms with Gasteiger partial charge in [-0.05, 0) is 122 Å². The van der Waals surface area contributed by atoms with Crippen molar-refractivity contribution >= 4 is 16.1 Å². The minimum atomic E-state index is -1.94. The van der Waals surface area contributed by atoms with Crippen molar-refractivity contribution in [1.29, 1.82) is 0 Å². The molecule has 238 valence electrons. The fourth-order valence-corrected chi connectivity index (χ4v) is 16.7. The minimum Gasteiger partial charge on any atom is -0.376 e. The number of rotatable bonds is 11. The molecule has 0 aromatic carbocycles. The van der Waals surface area contributed by atoms with Crippen LogP contribution in [-0.2, 0) is 4.74 Å². The van der Waals surface area contributed by atoms with E-state index < -0.39 is 16.1 Å². The largest absolute Gasteiger partial charge is 0.376 e. The molecule has 0 aromatic rings. The van der Waals surface area contributed by atoms with Crippen LogP contribution in [0.3, 0.4) is 0 Å². The summed E-state index contributed by atoms with van der Waals surface area (Å²) in [5.41, 5.74) is 9.08. The highest BCUT2D eigenvalue weighted by Gasteiger charge is 2.57. The third kappa shape index (κ3) is 6.72. The average Bonchev–Trinajstić information content (AvgIpc) is 3.50. The third-order valence-corrected chi connectivity index (χ3v) is 18.2. The first kappa shape index (κ1) is 32.3. The SMILES string of the molecule is CC(C)(C)OCCCCCC[Si](C)(C1=CC(C[Si](C)(C)C)=C2C=CCC=C12)C1C2C=CC=CC2C2C=C3CCCCC3=CC21. The van der Waals surface area contributed by atoms with Crippen molar-refractivity contribution in [2.24, 2.45) is 23.7 Å². The summed E-state index contributed by atoms with van der Waals surface area (Å²) >= 11 is 0. The lowest BCUT2D eigenvalue weighted by Gasteiger charge is -2.43. The van der Waals surface area contributed by atoms with Crippen LogP contribution < -0.4 is 0 Å². The van der Waals surface area contributed by atoms with Crippen LogP contribution in [0.1, 0.15) is 78.6 Å². The van der Waals surface area contributed by atoms with Crippen LogP contribution in [0, 0.1) is 23.7 Å². The molecule has 0 aromatic heterocycles. The Labute approximate surface area is 272 Å². The summed E-state index contributed by atoms with van der Waals surface area (Å²) in [6, 6.07) is 2.72. The molecule has 0 N–H and O–H groups in total. The average molecular weight is 625 g/mol. The van der Waals surface area contributed by atoms with Gasteiger partial charge in [0, 0.05) is 14.7 Å². The van der Waals surface area contributed by atoms with Crippen molar-refractivity contribution in [2.45, 2.75) is 128 Å². The van der Waals surface area contributed by atoms with E-state index in [2.05, 4.69) is 108 Å². The highest BCUT2D eigenvalue weighted by atomic mass is 28.3. The van der Waals surface area contributed by atoms with Gasteiger partial charge in [-0.1, -0.05) is 117 Å². The summed E-state index contributed by atoms with van der Waals surface area (Å²) in [6.07, 6.45) is 37.7. The Morgan fingerprint density at radius 2 is 1.50 bits per heavy atom. The normalized spacial score (nSPS) is 30.6. The maximum absolute atomic E-state index is 6.07. The summed E-state index contributed by atoms with van der Waals surface area (Å²) in [5, 5.41) is 1.82. The number of ether oxygens (including phenoxy) is 1. The predicted octanol–water partition coefficient (Wildman–Crippen LogP) is 11.9. The Bertz CT molecular complexity index is 1350. The monoisotopic (exact) mass is 624 g/mol. The Kier molecular flexibility index (Phi) is 9.41. The zero-order valence-corrected chi connectivity index (χ0v) is 31.1. The van der Waals surface area contributed by atoms with Crippen molar-refractivity contribution in [1.82, 2.24) is 0 Å². The predicted molar refractivity (Wildman–Crippen MR) is 196 cm³/mol. The second-order valence-corrected chi connectivity index (χ2v) is 27.2. The lowest BCUT2D eigenvalue weighted by molar-refractivity contribution is -0.00471. The molecule has 6 atom stereocenters. The zero-order chi connectivity index (χ0) is 31.1. The number of allylic oxidation sites excluding steroid dienone is 16. The summed E-state index contributed by atoms with van der Waals surface area (Å²) in [6.45, 7) is 17.9. The van der Waals surface area contributed by atoms with E-state index in [9.17, 15) is 0 Å². The molecule has 0 heterocycles. The topological polar surface area (TPSA) is 9.23 Å². The molecule has 6 aliphatic carbocycles. The van der Waals surface area contributed by atoms with E-state index in [1.54, 1.807) is 27.9 Å². The molecule has 6 aliphatic rings. The van der Waals surface area contributed by atoms with Crippen LogP contribution in [0.2, 0.25) is 43.8 Å². The van der Waals surface area contributed by atoms with Gasteiger partial charge >= 0.3 is 0 Å². The Balaban J connectivity index is 1.34. The molecule has 2 fully saturated rings. The summed E-state index contributed by atoms with van der Waals surface area (Å²) in [7, 11) is -3.19. The molecule has 0 spiro atoms. The number of hydrogen-bond donors (Lipinski definition) is 0. The highest BCUT2D eigenvalue weighted by Crippen LogP contribution is 2.63. The molecule has 6 rings (SSSR count). The van der Waals surface area contributed by atoms with Crippen molar-refractivity contribution in [3.63, 3.8) is 0 Å². The second kappa shape index (κ2) is 12.8. The molecule has 0 amide bonds. The van der Waals surface area contributed by atoms with Crippen molar-refractivity contribution in [3.8, 4) is 0 Å². The van der Waals surface area contributed by atoms with Crippen molar-refractivity contribution in [3.05, 3.63) is 93.8 Å². The first-order valence-corrected chi connectivity index (χ1v) is 24.7. The van der Waals surface area contributed by atoms with Gasteiger partial charge in [0.25, 0.3) is 0 Å². The highest BCUT2D eigenvalue weighted by molar-refractivity contribution is 6.88. The van der Waals surface area contributed by atoms with Gasteiger partial charge in [-0.2, -0.15) is 0 Å². The van der Waals surface area contributed by atoms with E-state index >= 15 is 0 Å². The van der Waals surface area contributed by atoms with Crippen LogP contribution >= 0.6 is 0 Å². The molecule has 44 heavy (non-hydrogen) atoms. The summed E-state index contributed by atoms with van der Waals surface area (Å²) in [4.78, 5) is 0. The molecular formula is C41H60OSi2. The van der Waals surface area contributed by atoms with E-state index in [0.29, 0.717) is 23.7 Å². The first-order chi connectivity index (χ1) is 20.9. The smallest absolute Gasteiger partial charge is 0.0887 e. The van der Waals surface area contributed by atoms with E-state index in [1.165, 1.54) is 63.5 Å². The van der Waals surface area contributed by atoms with Crippen LogP contribution in [0.25, 0.3) is 0 Å². The zero-order valence-electron chi connectivity index (χ0n) is 29.1. The van der Waals surface area contributed by atoms with Crippen LogP contribution in [0.5, 0.6) is 0 Å². The third-order valence-electron chi connectivity index (χ3n) is 11.5. The minimum absolute atomic E-state index is 0.0282. The fourth-order valence-electron chi connectivity index (χ4n) is 9.66. The standard InChI is InChI=1S/C41H60OSi2/c1-41(2,3)42-24-16-8-9-17-25-44(7,39-28-32(29-43(4,5)6)33-20-12-14-22-35(33)39)40-36-23-15-13-21-34(36)37-26-30-18-10-11-19-31(30)27-38(37)40/h12-13,15,20-23,26-28,34,36-38,40H,8-11,14,16-19,24-25,29H2,1-7H3. The number of fused-ring (bicyclic) bond motifs is 5. The lowest BCUT2D eigenvalue weighted by atomic mass is 9.75.